The van der Waals surface area contributed by atoms with E-state index in [1.54, 1.807) is 30.0 Å². The van der Waals surface area contributed by atoms with Crippen molar-refractivity contribution in [3.05, 3.63) is 28.8 Å². The molecule has 1 aromatic rings. The molecular formula is C15H20ClNO4S. The van der Waals surface area contributed by atoms with Crippen LogP contribution in [0.1, 0.15) is 18.9 Å². The Morgan fingerprint density at radius 3 is 2.73 bits per heavy atom. The second-order valence-corrected chi connectivity index (χ2v) is 8.24. The van der Waals surface area contributed by atoms with E-state index in [0.29, 0.717) is 23.7 Å². The Kier molecular flexibility index (Phi) is 5.34. The molecule has 0 spiro atoms. The van der Waals surface area contributed by atoms with Crippen molar-refractivity contribution in [1.29, 1.82) is 0 Å². The molecular weight excluding hydrogens is 326 g/mol. The van der Waals surface area contributed by atoms with Gasteiger partial charge in [-0.1, -0.05) is 11.6 Å². The highest BCUT2D eigenvalue weighted by molar-refractivity contribution is 7.91. The van der Waals surface area contributed by atoms with Gasteiger partial charge in [0, 0.05) is 18.1 Å². The molecule has 1 atom stereocenters. The number of carbonyl (C=O) groups is 1. The lowest BCUT2D eigenvalue weighted by Gasteiger charge is -2.24. The minimum Gasteiger partial charge on any atom is -0.481 e. The molecule has 2 rings (SSSR count). The normalized spacial score (nSPS) is 19.3. The van der Waals surface area contributed by atoms with Gasteiger partial charge in [0.05, 0.1) is 11.5 Å². The van der Waals surface area contributed by atoms with Crippen molar-refractivity contribution in [2.75, 3.05) is 24.6 Å². The van der Waals surface area contributed by atoms with Crippen molar-refractivity contribution in [1.82, 2.24) is 4.90 Å². The molecule has 0 aromatic heterocycles. The van der Waals surface area contributed by atoms with Gasteiger partial charge in [0.15, 0.2) is 15.9 Å². The fourth-order valence-corrected chi connectivity index (χ4v) is 3.90. The number of aryl methyl sites for hydroxylation is 1. The van der Waals surface area contributed by atoms with Gasteiger partial charge in [-0.15, -0.1) is 0 Å². The van der Waals surface area contributed by atoms with Gasteiger partial charge in [0.1, 0.15) is 5.75 Å². The molecule has 1 heterocycles. The molecule has 1 aromatic carbocycles. The van der Waals surface area contributed by atoms with E-state index in [4.69, 9.17) is 16.3 Å². The topological polar surface area (TPSA) is 63.7 Å². The van der Waals surface area contributed by atoms with E-state index in [1.165, 1.54) is 0 Å². The molecule has 1 aliphatic heterocycles. The zero-order valence-corrected chi connectivity index (χ0v) is 14.3. The summed E-state index contributed by atoms with van der Waals surface area (Å²) in [6.07, 6.45) is -0.193. The second-order valence-electron chi connectivity index (χ2n) is 5.50. The fourth-order valence-electron chi connectivity index (χ4n) is 2.40. The molecule has 1 saturated heterocycles. The Bertz CT molecular complexity index is 660. The maximum Gasteiger partial charge on any atom is 0.263 e. The highest BCUT2D eigenvalue weighted by Gasteiger charge is 2.26. The van der Waals surface area contributed by atoms with E-state index in [1.807, 2.05) is 6.92 Å². The SMILES string of the molecule is Cc1cc(Cl)ccc1O[C@@H](C)C(=O)N1CCCS(=O)(=O)CC1. The Morgan fingerprint density at radius 2 is 2.05 bits per heavy atom. The van der Waals surface area contributed by atoms with Gasteiger partial charge in [0.2, 0.25) is 0 Å². The number of halogens is 1. The van der Waals surface area contributed by atoms with E-state index in [2.05, 4.69) is 0 Å². The third-order valence-corrected chi connectivity index (χ3v) is 5.61. The summed E-state index contributed by atoms with van der Waals surface area (Å²) in [6, 6.07) is 5.21. The quantitative estimate of drug-likeness (QED) is 0.841. The van der Waals surface area contributed by atoms with Gasteiger partial charge in [-0.2, -0.15) is 0 Å². The van der Waals surface area contributed by atoms with Crippen LogP contribution in [-0.4, -0.2) is 49.9 Å². The van der Waals surface area contributed by atoms with Crippen molar-refractivity contribution in [3.8, 4) is 5.75 Å². The number of ether oxygens (including phenoxy) is 1. The number of nitrogens with zero attached hydrogens (tertiary/aromatic N) is 1. The molecule has 22 heavy (non-hydrogen) atoms. The van der Waals surface area contributed by atoms with Crippen LogP contribution >= 0.6 is 11.6 Å². The number of amides is 1. The molecule has 7 heteroatoms. The summed E-state index contributed by atoms with van der Waals surface area (Å²) < 4.78 is 28.9. The van der Waals surface area contributed by atoms with Crippen LogP contribution in [0.2, 0.25) is 5.02 Å². The van der Waals surface area contributed by atoms with Crippen molar-refractivity contribution < 1.29 is 17.9 Å². The van der Waals surface area contributed by atoms with Crippen molar-refractivity contribution >= 4 is 27.3 Å². The van der Waals surface area contributed by atoms with Crippen molar-refractivity contribution in [2.45, 2.75) is 26.4 Å². The van der Waals surface area contributed by atoms with Crippen LogP contribution in [0.5, 0.6) is 5.75 Å². The summed E-state index contributed by atoms with van der Waals surface area (Å²) in [5.74, 6) is 0.576. The molecule has 0 bridgehead atoms. The van der Waals surface area contributed by atoms with Crippen LogP contribution in [0.4, 0.5) is 0 Å². The van der Waals surface area contributed by atoms with Crippen molar-refractivity contribution in [3.63, 3.8) is 0 Å². The minimum atomic E-state index is -3.03. The highest BCUT2D eigenvalue weighted by Crippen LogP contribution is 2.23. The summed E-state index contributed by atoms with van der Waals surface area (Å²) in [6.45, 7) is 4.21. The minimum absolute atomic E-state index is 0.0193. The zero-order valence-electron chi connectivity index (χ0n) is 12.7. The van der Waals surface area contributed by atoms with Crippen LogP contribution in [0.25, 0.3) is 0 Å². The van der Waals surface area contributed by atoms with Gasteiger partial charge in [-0.3, -0.25) is 4.79 Å². The molecule has 0 saturated carbocycles. The number of rotatable bonds is 3. The van der Waals surface area contributed by atoms with E-state index in [9.17, 15) is 13.2 Å². The number of hydrogen-bond acceptors (Lipinski definition) is 4. The summed E-state index contributed by atoms with van der Waals surface area (Å²) >= 11 is 5.90. The lowest BCUT2D eigenvalue weighted by atomic mass is 10.2. The Balaban J connectivity index is 2.02. The van der Waals surface area contributed by atoms with Gasteiger partial charge in [0.25, 0.3) is 5.91 Å². The van der Waals surface area contributed by atoms with Gasteiger partial charge in [-0.25, -0.2) is 8.42 Å². The van der Waals surface area contributed by atoms with E-state index < -0.39 is 15.9 Å². The molecule has 1 fully saturated rings. The first-order valence-electron chi connectivity index (χ1n) is 7.20. The molecule has 0 aliphatic carbocycles. The number of benzene rings is 1. The van der Waals surface area contributed by atoms with Gasteiger partial charge < -0.3 is 9.64 Å². The maximum atomic E-state index is 12.4. The van der Waals surface area contributed by atoms with E-state index >= 15 is 0 Å². The molecule has 122 valence electrons. The molecule has 0 unspecified atom stereocenters. The average Bonchev–Trinajstić information content (AvgIpc) is 2.62. The number of hydrogen-bond donors (Lipinski definition) is 0. The number of carbonyl (C=O) groups excluding carboxylic acids is 1. The highest BCUT2D eigenvalue weighted by atomic mass is 35.5. The molecule has 5 nitrogen and oxygen atoms in total. The summed E-state index contributed by atoms with van der Waals surface area (Å²) in [5, 5.41) is 0.613. The molecule has 0 N–H and O–H groups in total. The van der Waals surface area contributed by atoms with Crippen molar-refractivity contribution in [2.24, 2.45) is 0 Å². The maximum absolute atomic E-state index is 12.4. The fraction of sp³-hybridized carbons (Fsp3) is 0.533. The van der Waals surface area contributed by atoms with E-state index in [-0.39, 0.29) is 24.0 Å². The first kappa shape index (κ1) is 17.1. The first-order chi connectivity index (χ1) is 10.3. The summed E-state index contributed by atoms with van der Waals surface area (Å²) in [4.78, 5) is 14.0. The lowest BCUT2D eigenvalue weighted by molar-refractivity contribution is -0.137. The Labute approximate surface area is 136 Å². The predicted octanol–water partition coefficient (Wildman–Crippen LogP) is 2.06. The molecule has 1 aliphatic rings. The molecule has 0 radical (unpaired) electrons. The van der Waals surface area contributed by atoms with E-state index in [0.717, 1.165) is 5.56 Å². The first-order valence-corrected chi connectivity index (χ1v) is 9.40. The summed E-state index contributed by atoms with van der Waals surface area (Å²) in [5.41, 5.74) is 0.852. The molecule has 1 amide bonds. The third-order valence-electron chi connectivity index (χ3n) is 3.66. The number of sulfone groups is 1. The Morgan fingerprint density at radius 1 is 1.32 bits per heavy atom. The van der Waals surface area contributed by atoms with Gasteiger partial charge >= 0.3 is 0 Å². The van der Waals surface area contributed by atoms with Crippen LogP contribution in [0, 0.1) is 6.92 Å². The van der Waals surface area contributed by atoms with Crippen LogP contribution in [0.15, 0.2) is 18.2 Å². The van der Waals surface area contributed by atoms with Crippen LogP contribution in [-0.2, 0) is 14.6 Å². The predicted molar refractivity (Wildman–Crippen MR) is 86.1 cm³/mol. The van der Waals surface area contributed by atoms with Crippen LogP contribution < -0.4 is 4.74 Å². The standard InChI is InChI=1S/C15H20ClNO4S/c1-11-10-13(16)4-5-14(11)21-12(2)15(18)17-6-3-8-22(19,20)9-7-17/h4-5,10,12H,3,6-9H2,1-2H3/t12-/m0/s1. The lowest BCUT2D eigenvalue weighted by Crippen LogP contribution is -2.42. The second kappa shape index (κ2) is 6.87. The zero-order chi connectivity index (χ0) is 16.3. The largest absolute Gasteiger partial charge is 0.481 e. The monoisotopic (exact) mass is 345 g/mol. The Hall–Kier alpha value is -1.27. The van der Waals surface area contributed by atoms with Crippen LogP contribution in [0.3, 0.4) is 0 Å². The smallest absolute Gasteiger partial charge is 0.263 e. The van der Waals surface area contributed by atoms with Gasteiger partial charge in [-0.05, 0) is 44.0 Å². The summed E-state index contributed by atoms with van der Waals surface area (Å²) in [7, 11) is -3.03. The average molecular weight is 346 g/mol. The third kappa shape index (κ3) is 4.36.